The van der Waals surface area contributed by atoms with Crippen molar-refractivity contribution in [2.45, 2.75) is 6.18 Å². The third-order valence-electron chi connectivity index (χ3n) is 3.68. The van der Waals surface area contributed by atoms with Gasteiger partial charge in [-0.2, -0.15) is 13.2 Å². The number of hydrogen-bond acceptors (Lipinski definition) is 5. The predicted molar refractivity (Wildman–Crippen MR) is 87.6 cm³/mol. The van der Waals surface area contributed by atoms with E-state index in [0.29, 0.717) is 22.5 Å². The molecule has 0 unspecified atom stereocenters. The molecule has 3 heterocycles. The average Bonchev–Trinajstić information content (AvgIpc) is 2.94. The van der Waals surface area contributed by atoms with E-state index in [1.165, 1.54) is 29.8 Å². The molecule has 4 rings (SSSR count). The highest BCUT2D eigenvalue weighted by molar-refractivity contribution is 7.25. The van der Waals surface area contributed by atoms with Crippen LogP contribution in [0, 0.1) is 0 Å². The van der Waals surface area contributed by atoms with E-state index in [1.54, 1.807) is 6.20 Å². The van der Waals surface area contributed by atoms with Gasteiger partial charge < -0.3 is 5.73 Å². The van der Waals surface area contributed by atoms with Gasteiger partial charge in [-0.1, -0.05) is 12.1 Å². The summed E-state index contributed by atoms with van der Waals surface area (Å²) in [5.41, 5.74) is 7.24. The number of aromatic nitrogens is 3. The Labute approximate surface area is 137 Å². The Morgan fingerprint density at radius 1 is 0.958 bits per heavy atom. The molecule has 0 aliphatic carbocycles. The fourth-order valence-corrected chi connectivity index (χ4v) is 3.47. The minimum Gasteiger partial charge on any atom is -0.382 e. The SMILES string of the molecule is Nc1ncnc2c1sc1ncc(-c3ccc(C(F)(F)F)cc3)cc12. The molecule has 3 aromatic heterocycles. The maximum Gasteiger partial charge on any atom is 0.416 e. The van der Waals surface area contributed by atoms with Crippen LogP contribution in [0.25, 0.3) is 31.6 Å². The predicted octanol–water partition coefficient (Wildman–Crippen LogP) is 4.51. The molecule has 0 radical (unpaired) electrons. The van der Waals surface area contributed by atoms with Crippen LogP contribution in [0.5, 0.6) is 0 Å². The van der Waals surface area contributed by atoms with Crippen molar-refractivity contribution in [1.82, 2.24) is 15.0 Å². The molecule has 0 saturated heterocycles. The monoisotopic (exact) mass is 346 g/mol. The number of rotatable bonds is 1. The van der Waals surface area contributed by atoms with Gasteiger partial charge in [0.05, 0.1) is 15.8 Å². The minimum absolute atomic E-state index is 0.388. The average molecular weight is 346 g/mol. The van der Waals surface area contributed by atoms with Crippen molar-refractivity contribution in [2.24, 2.45) is 0 Å². The molecule has 0 bridgehead atoms. The van der Waals surface area contributed by atoms with E-state index in [2.05, 4.69) is 15.0 Å². The second kappa shape index (κ2) is 5.13. The van der Waals surface area contributed by atoms with E-state index in [1.807, 2.05) is 6.07 Å². The van der Waals surface area contributed by atoms with Crippen LogP contribution in [0.3, 0.4) is 0 Å². The van der Waals surface area contributed by atoms with Crippen LogP contribution in [0.1, 0.15) is 5.56 Å². The van der Waals surface area contributed by atoms with Gasteiger partial charge >= 0.3 is 6.18 Å². The van der Waals surface area contributed by atoms with Gasteiger partial charge in [-0.05, 0) is 23.8 Å². The number of nitrogens with zero attached hydrogens (tertiary/aromatic N) is 3. The lowest BCUT2D eigenvalue weighted by Crippen LogP contribution is -2.03. The highest BCUT2D eigenvalue weighted by Crippen LogP contribution is 2.36. The van der Waals surface area contributed by atoms with E-state index < -0.39 is 11.7 Å². The van der Waals surface area contributed by atoms with Gasteiger partial charge in [0.25, 0.3) is 0 Å². The second-order valence-electron chi connectivity index (χ2n) is 5.19. The summed E-state index contributed by atoms with van der Waals surface area (Å²) < 4.78 is 38.7. The number of thiophene rings is 1. The Morgan fingerprint density at radius 2 is 1.71 bits per heavy atom. The van der Waals surface area contributed by atoms with Gasteiger partial charge in [0.1, 0.15) is 17.0 Å². The third-order valence-corrected chi connectivity index (χ3v) is 4.81. The normalized spacial score (nSPS) is 12.1. The van der Waals surface area contributed by atoms with E-state index in [-0.39, 0.29) is 0 Å². The summed E-state index contributed by atoms with van der Waals surface area (Å²) >= 11 is 1.39. The minimum atomic E-state index is -4.35. The Balaban J connectivity index is 1.85. The highest BCUT2D eigenvalue weighted by atomic mass is 32.1. The maximum atomic E-state index is 12.7. The maximum absolute atomic E-state index is 12.7. The molecule has 0 aliphatic rings. The number of anilines is 1. The summed E-state index contributed by atoms with van der Waals surface area (Å²) in [4.78, 5) is 13.3. The van der Waals surface area contributed by atoms with Crippen LogP contribution in [0.4, 0.5) is 19.0 Å². The number of nitrogen functional groups attached to an aromatic ring is 1. The molecule has 24 heavy (non-hydrogen) atoms. The number of alkyl halides is 3. The lowest BCUT2D eigenvalue weighted by atomic mass is 10.0. The van der Waals surface area contributed by atoms with Crippen LogP contribution < -0.4 is 5.73 Å². The van der Waals surface area contributed by atoms with Gasteiger partial charge in [-0.3, -0.25) is 0 Å². The quantitative estimate of drug-likeness (QED) is 0.551. The molecular formula is C16H9F3N4S. The number of halogens is 3. The number of pyridine rings is 1. The summed E-state index contributed by atoms with van der Waals surface area (Å²) in [7, 11) is 0. The van der Waals surface area contributed by atoms with Crippen LogP contribution in [0.2, 0.25) is 0 Å². The zero-order valence-electron chi connectivity index (χ0n) is 12.0. The molecule has 8 heteroatoms. The van der Waals surface area contributed by atoms with E-state index in [9.17, 15) is 13.2 Å². The Hall–Kier alpha value is -2.74. The number of benzene rings is 1. The first-order valence-electron chi connectivity index (χ1n) is 6.90. The third kappa shape index (κ3) is 2.35. The summed E-state index contributed by atoms with van der Waals surface area (Å²) in [5.74, 6) is 0.388. The van der Waals surface area contributed by atoms with Crippen molar-refractivity contribution in [3.8, 4) is 11.1 Å². The molecule has 0 saturated carbocycles. The van der Waals surface area contributed by atoms with Gasteiger partial charge in [0, 0.05) is 17.1 Å². The molecule has 0 aliphatic heterocycles. The molecule has 0 fully saturated rings. The second-order valence-corrected chi connectivity index (χ2v) is 6.19. The standard InChI is InChI=1S/C16H9F3N4S/c17-16(18,19)10-3-1-8(2-4-10)9-5-11-12-13(14(20)23-7-22-12)24-15(11)21-6-9/h1-7H,(H2,20,22,23). The summed E-state index contributed by atoms with van der Waals surface area (Å²) in [6.45, 7) is 0. The molecule has 0 spiro atoms. The van der Waals surface area contributed by atoms with Crippen molar-refractivity contribution >= 4 is 37.6 Å². The first-order chi connectivity index (χ1) is 11.4. The van der Waals surface area contributed by atoms with Crippen molar-refractivity contribution in [3.05, 3.63) is 48.4 Å². The lowest BCUT2D eigenvalue weighted by Gasteiger charge is -2.07. The Kier molecular flexibility index (Phi) is 3.17. The Morgan fingerprint density at radius 3 is 2.42 bits per heavy atom. The van der Waals surface area contributed by atoms with Crippen LogP contribution >= 0.6 is 11.3 Å². The molecule has 0 amide bonds. The molecule has 4 aromatic rings. The van der Waals surface area contributed by atoms with Crippen LogP contribution in [-0.4, -0.2) is 15.0 Å². The van der Waals surface area contributed by atoms with Gasteiger partial charge in [-0.15, -0.1) is 11.3 Å². The number of fused-ring (bicyclic) bond motifs is 3. The van der Waals surface area contributed by atoms with E-state index >= 15 is 0 Å². The number of hydrogen-bond donors (Lipinski definition) is 1. The van der Waals surface area contributed by atoms with Crippen LogP contribution in [0.15, 0.2) is 42.9 Å². The highest BCUT2D eigenvalue weighted by Gasteiger charge is 2.30. The molecule has 120 valence electrons. The van der Waals surface area contributed by atoms with Gasteiger partial charge in [0.15, 0.2) is 0 Å². The molecular weight excluding hydrogens is 337 g/mol. The van der Waals surface area contributed by atoms with Gasteiger partial charge in [0.2, 0.25) is 0 Å². The fourth-order valence-electron chi connectivity index (χ4n) is 2.49. The first kappa shape index (κ1) is 14.8. The molecule has 1 aromatic carbocycles. The summed E-state index contributed by atoms with van der Waals surface area (Å²) in [6, 6.07) is 6.85. The fraction of sp³-hybridized carbons (Fsp3) is 0.0625. The van der Waals surface area contributed by atoms with E-state index in [4.69, 9.17) is 5.73 Å². The lowest BCUT2D eigenvalue weighted by molar-refractivity contribution is -0.137. The van der Waals surface area contributed by atoms with Gasteiger partial charge in [-0.25, -0.2) is 15.0 Å². The molecule has 4 nitrogen and oxygen atoms in total. The van der Waals surface area contributed by atoms with Crippen LogP contribution in [-0.2, 0) is 6.18 Å². The Bertz CT molecular complexity index is 1050. The summed E-state index contributed by atoms with van der Waals surface area (Å²) in [6.07, 6.45) is -1.34. The first-order valence-corrected chi connectivity index (χ1v) is 7.71. The molecule has 0 atom stereocenters. The van der Waals surface area contributed by atoms with Crippen molar-refractivity contribution in [1.29, 1.82) is 0 Å². The van der Waals surface area contributed by atoms with E-state index in [0.717, 1.165) is 27.0 Å². The largest absolute Gasteiger partial charge is 0.416 e. The topological polar surface area (TPSA) is 64.7 Å². The smallest absolute Gasteiger partial charge is 0.382 e. The van der Waals surface area contributed by atoms with Crippen molar-refractivity contribution in [2.75, 3.05) is 5.73 Å². The van der Waals surface area contributed by atoms with Crippen molar-refractivity contribution in [3.63, 3.8) is 0 Å². The molecule has 2 N–H and O–H groups in total. The zero-order chi connectivity index (χ0) is 16.9. The van der Waals surface area contributed by atoms with Crippen molar-refractivity contribution < 1.29 is 13.2 Å². The summed E-state index contributed by atoms with van der Waals surface area (Å²) in [5, 5.41) is 0.807. The zero-order valence-corrected chi connectivity index (χ0v) is 12.8. The number of nitrogens with two attached hydrogens (primary N) is 1.